The summed E-state index contributed by atoms with van der Waals surface area (Å²) >= 11 is 20.0. The van der Waals surface area contributed by atoms with Crippen molar-refractivity contribution < 1.29 is 9.53 Å². The average molecular weight is 360 g/mol. The second kappa shape index (κ2) is 5.73. The molecule has 108 valence electrons. The Hall–Kier alpha value is -0.870. The van der Waals surface area contributed by atoms with E-state index >= 15 is 0 Å². The van der Waals surface area contributed by atoms with E-state index in [0.717, 1.165) is 5.56 Å². The fourth-order valence-electron chi connectivity index (χ4n) is 2.24. The van der Waals surface area contributed by atoms with E-state index < -0.39 is 5.25 Å². The monoisotopic (exact) mass is 358 g/mol. The van der Waals surface area contributed by atoms with Crippen molar-refractivity contribution in [1.82, 2.24) is 0 Å². The fraction of sp³-hybridized carbons (Fsp3) is 0.133. The first-order valence-electron chi connectivity index (χ1n) is 6.06. The van der Waals surface area contributed by atoms with Gasteiger partial charge in [-0.3, -0.25) is 4.79 Å². The van der Waals surface area contributed by atoms with Gasteiger partial charge in [0.05, 0.1) is 17.4 Å². The topological polar surface area (TPSA) is 26.3 Å². The molecule has 0 spiro atoms. The van der Waals surface area contributed by atoms with Gasteiger partial charge in [0.25, 0.3) is 0 Å². The number of Topliss-reactive ketones (excluding diaryl/α,β-unsaturated/α-hetero) is 1. The van der Waals surface area contributed by atoms with Gasteiger partial charge in [0.2, 0.25) is 0 Å². The van der Waals surface area contributed by atoms with Crippen LogP contribution in [0.2, 0.25) is 15.1 Å². The van der Waals surface area contributed by atoms with Crippen molar-refractivity contribution in [2.75, 3.05) is 7.11 Å². The summed E-state index contributed by atoms with van der Waals surface area (Å²) in [5.41, 5.74) is 1.30. The van der Waals surface area contributed by atoms with E-state index in [1.807, 2.05) is 18.2 Å². The molecule has 1 aliphatic heterocycles. The molecule has 0 saturated heterocycles. The molecule has 2 aromatic carbocycles. The van der Waals surface area contributed by atoms with Crippen molar-refractivity contribution in [2.24, 2.45) is 0 Å². The molecule has 0 saturated carbocycles. The maximum Gasteiger partial charge on any atom is 0.181 e. The SMILES string of the molecule is COc1cc2c(c(Cl)c1Cl)SC(c1ccccc1Cl)C2=O. The molecule has 0 aliphatic carbocycles. The highest BCUT2D eigenvalue weighted by atomic mass is 35.5. The van der Waals surface area contributed by atoms with Crippen LogP contribution in [-0.4, -0.2) is 12.9 Å². The van der Waals surface area contributed by atoms with Crippen molar-refractivity contribution in [3.05, 3.63) is 56.5 Å². The zero-order valence-corrected chi connectivity index (χ0v) is 13.9. The van der Waals surface area contributed by atoms with Gasteiger partial charge >= 0.3 is 0 Å². The molecule has 0 aromatic heterocycles. The Morgan fingerprint density at radius 3 is 2.52 bits per heavy atom. The van der Waals surface area contributed by atoms with E-state index in [2.05, 4.69) is 0 Å². The molecule has 0 bridgehead atoms. The summed E-state index contributed by atoms with van der Waals surface area (Å²) in [5, 5.41) is 0.816. The van der Waals surface area contributed by atoms with Crippen LogP contribution in [0.3, 0.4) is 0 Å². The number of rotatable bonds is 2. The van der Waals surface area contributed by atoms with E-state index in [1.165, 1.54) is 18.9 Å². The van der Waals surface area contributed by atoms with Crippen LogP contribution in [0, 0.1) is 0 Å². The molecule has 0 N–H and O–H groups in total. The quantitative estimate of drug-likeness (QED) is 0.689. The molecule has 2 aromatic rings. The predicted molar refractivity (Wildman–Crippen MR) is 87.4 cm³/mol. The number of hydrogen-bond acceptors (Lipinski definition) is 3. The number of fused-ring (bicyclic) bond motifs is 1. The molecular weight excluding hydrogens is 351 g/mol. The minimum Gasteiger partial charge on any atom is -0.495 e. The lowest BCUT2D eigenvalue weighted by atomic mass is 10.0. The lowest BCUT2D eigenvalue weighted by molar-refractivity contribution is 0.0991. The smallest absolute Gasteiger partial charge is 0.181 e. The lowest BCUT2D eigenvalue weighted by Gasteiger charge is -2.09. The van der Waals surface area contributed by atoms with Crippen molar-refractivity contribution in [2.45, 2.75) is 10.1 Å². The lowest BCUT2D eigenvalue weighted by Crippen LogP contribution is -2.04. The number of carbonyl (C=O) groups is 1. The third-order valence-corrected chi connectivity index (χ3v) is 5.94. The highest BCUT2D eigenvalue weighted by Gasteiger charge is 2.37. The van der Waals surface area contributed by atoms with E-state index in [-0.39, 0.29) is 5.78 Å². The van der Waals surface area contributed by atoms with Crippen LogP contribution in [0.1, 0.15) is 21.2 Å². The molecule has 1 heterocycles. The van der Waals surface area contributed by atoms with Crippen LogP contribution >= 0.6 is 46.6 Å². The van der Waals surface area contributed by atoms with Crippen LogP contribution in [0.25, 0.3) is 0 Å². The average Bonchev–Trinajstić information content (AvgIpc) is 2.81. The third-order valence-electron chi connectivity index (χ3n) is 3.28. The summed E-state index contributed by atoms with van der Waals surface area (Å²) in [6, 6.07) is 8.93. The summed E-state index contributed by atoms with van der Waals surface area (Å²) in [4.78, 5) is 13.3. The Labute approximate surface area is 141 Å². The Balaban J connectivity index is 2.11. The Morgan fingerprint density at radius 2 is 1.86 bits per heavy atom. The molecule has 0 radical (unpaired) electrons. The maximum atomic E-state index is 12.6. The van der Waals surface area contributed by atoms with Gasteiger partial charge in [-0.05, 0) is 17.7 Å². The van der Waals surface area contributed by atoms with Gasteiger partial charge < -0.3 is 4.74 Å². The Morgan fingerprint density at radius 1 is 1.14 bits per heavy atom. The fourth-order valence-corrected chi connectivity index (χ4v) is 4.45. The number of halogens is 3. The standard InChI is InChI=1S/C15H9Cl3O2S/c1-20-10-6-8-13(19)15(7-4-2-3-5-9(7)16)21-14(8)12(18)11(10)17/h2-6,15H,1H3. The molecule has 1 unspecified atom stereocenters. The van der Waals surface area contributed by atoms with E-state index in [9.17, 15) is 4.79 Å². The molecule has 21 heavy (non-hydrogen) atoms. The van der Waals surface area contributed by atoms with Gasteiger partial charge in [0, 0.05) is 15.5 Å². The van der Waals surface area contributed by atoms with Gasteiger partial charge in [-0.2, -0.15) is 0 Å². The van der Waals surface area contributed by atoms with Crippen LogP contribution < -0.4 is 4.74 Å². The van der Waals surface area contributed by atoms with Crippen LogP contribution in [0.4, 0.5) is 0 Å². The highest BCUT2D eigenvalue weighted by molar-refractivity contribution is 8.01. The molecule has 1 aliphatic rings. The molecule has 6 heteroatoms. The first-order valence-corrected chi connectivity index (χ1v) is 8.07. The third kappa shape index (κ3) is 2.42. The first-order chi connectivity index (χ1) is 10.0. The van der Waals surface area contributed by atoms with Gasteiger partial charge in [0.1, 0.15) is 10.8 Å². The Bertz CT molecular complexity index is 746. The summed E-state index contributed by atoms with van der Waals surface area (Å²) in [6.45, 7) is 0. The summed E-state index contributed by atoms with van der Waals surface area (Å²) in [6.07, 6.45) is 0. The molecule has 0 amide bonds. The number of carbonyl (C=O) groups excluding carboxylic acids is 1. The zero-order chi connectivity index (χ0) is 15.1. The van der Waals surface area contributed by atoms with Crippen molar-refractivity contribution in [3.8, 4) is 5.75 Å². The number of ketones is 1. The summed E-state index contributed by atoms with van der Waals surface area (Å²) in [7, 11) is 1.49. The van der Waals surface area contributed by atoms with Crippen LogP contribution in [0.5, 0.6) is 5.75 Å². The largest absolute Gasteiger partial charge is 0.495 e. The zero-order valence-electron chi connectivity index (χ0n) is 10.8. The number of thioether (sulfide) groups is 1. The van der Waals surface area contributed by atoms with Gasteiger partial charge in [-0.15, -0.1) is 11.8 Å². The number of ether oxygens (including phenoxy) is 1. The van der Waals surface area contributed by atoms with E-state index in [4.69, 9.17) is 39.5 Å². The second-order valence-electron chi connectivity index (χ2n) is 4.47. The number of benzene rings is 2. The van der Waals surface area contributed by atoms with Gasteiger partial charge in [-0.25, -0.2) is 0 Å². The summed E-state index contributed by atoms with van der Waals surface area (Å²) in [5.74, 6) is 0.356. The molecule has 1 atom stereocenters. The van der Waals surface area contributed by atoms with E-state index in [1.54, 1.807) is 12.1 Å². The summed E-state index contributed by atoms with van der Waals surface area (Å²) < 4.78 is 5.16. The molecular formula is C15H9Cl3O2S. The van der Waals surface area contributed by atoms with E-state index in [0.29, 0.717) is 31.3 Å². The van der Waals surface area contributed by atoms with Crippen LogP contribution in [-0.2, 0) is 0 Å². The Kier molecular flexibility index (Phi) is 4.10. The maximum absolute atomic E-state index is 12.6. The second-order valence-corrected chi connectivity index (χ2v) is 6.75. The minimum absolute atomic E-state index is 0.0417. The molecule has 3 rings (SSSR count). The first kappa shape index (κ1) is 15.0. The van der Waals surface area contributed by atoms with Gasteiger partial charge in [0.15, 0.2) is 5.78 Å². The molecule has 0 fully saturated rings. The predicted octanol–water partition coefficient (Wildman–Crippen LogP) is 5.69. The molecule has 2 nitrogen and oxygen atoms in total. The van der Waals surface area contributed by atoms with Crippen LogP contribution in [0.15, 0.2) is 35.2 Å². The number of methoxy groups -OCH3 is 1. The van der Waals surface area contributed by atoms with Crippen molar-refractivity contribution in [1.29, 1.82) is 0 Å². The van der Waals surface area contributed by atoms with Crippen molar-refractivity contribution >= 4 is 52.3 Å². The van der Waals surface area contributed by atoms with Crippen molar-refractivity contribution in [3.63, 3.8) is 0 Å². The highest BCUT2D eigenvalue weighted by Crippen LogP contribution is 2.53. The normalized spacial score (nSPS) is 17.0. The van der Waals surface area contributed by atoms with Gasteiger partial charge in [-0.1, -0.05) is 53.0 Å². The minimum atomic E-state index is -0.408. The number of hydrogen-bond donors (Lipinski definition) is 0.